The summed E-state index contributed by atoms with van der Waals surface area (Å²) < 4.78 is 5.89. The maximum atomic E-state index is 6.56. The first-order valence-corrected chi connectivity index (χ1v) is 8.43. The summed E-state index contributed by atoms with van der Waals surface area (Å²) in [7, 11) is 0. The Morgan fingerprint density at radius 1 is 1.38 bits per heavy atom. The molecule has 116 valence electrons. The highest BCUT2D eigenvalue weighted by Crippen LogP contribution is 2.36. The summed E-state index contributed by atoms with van der Waals surface area (Å²) in [5.41, 5.74) is 2.42. The fraction of sp³-hybridized carbons (Fsp3) is 0.647. The van der Waals surface area contributed by atoms with Crippen molar-refractivity contribution in [1.82, 2.24) is 5.32 Å². The summed E-state index contributed by atoms with van der Waals surface area (Å²) in [6.45, 7) is 6.94. The number of nitrogens with zero attached hydrogens (tertiary/aromatic N) is 1. The molecule has 0 spiro atoms. The highest BCUT2D eigenvalue weighted by Gasteiger charge is 2.36. The number of fused-ring (bicyclic) bond motifs is 1. The third-order valence-corrected chi connectivity index (χ3v) is 4.82. The van der Waals surface area contributed by atoms with Crippen LogP contribution in [0.4, 0.5) is 5.69 Å². The number of rotatable bonds is 4. The summed E-state index contributed by atoms with van der Waals surface area (Å²) in [6, 6.07) is 7.47. The van der Waals surface area contributed by atoms with Gasteiger partial charge in [-0.1, -0.05) is 31.5 Å². The van der Waals surface area contributed by atoms with Crippen molar-refractivity contribution in [2.24, 2.45) is 0 Å². The summed E-state index contributed by atoms with van der Waals surface area (Å²) in [4.78, 5) is 2.46. The SMILES string of the molecule is CC(C)NCc1ccc(N2CCOC3CCCC32)c(Cl)c1. The van der Waals surface area contributed by atoms with Gasteiger partial charge in [0.15, 0.2) is 0 Å². The van der Waals surface area contributed by atoms with E-state index in [0.29, 0.717) is 18.2 Å². The van der Waals surface area contributed by atoms with Gasteiger partial charge < -0.3 is 15.0 Å². The van der Waals surface area contributed by atoms with E-state index in [1.54, 1.807) is 0 Å². The Bertz CT molecular complexity index is 492. The number of hydrogen-bond donors (Lipinski definition) is 1. The zero-order chi connectivity index (χ0) is 14.8. The monoisotopic (exact) mass is 308 g/mol. The van der Waals surface area contributed by atoms with Crippen LogP contribution in [-0.2, 0) is 11.3 Å². The van der Waals surface area contributed by atoms with Crippen molar-refractivity contribution in [2.45, 2.75) is 57.8 Å². The number of nitrogens with one attached hydrogen (secondary N) is 1. The second-order valence-corrected chi connectivity index (χ2v) is 6.83. The Morgan fingerprint density at radius 2 is 2.24 bits per heavy atom. The highest BCUT2D eigenvalue weighted by atomic mass is 35.5. The van der Waals surface area contributed by atoms with Gasteiger partial charge in [-0.05, 0) is 37.0 Å². The molecule has 3 nitrogen and oxygen atoms in total. The minimum atomic E-state index is 0.400. The molecule has 0 aromatic heterocycles. The Morgan fingerprint density at radius 3 is 3.00 bits per heavy atom. The second kappa shape index (κ2) is 6.55. The van der Waals surface area contributed by atoms with Crippen LogP contribution >= 0.6 is 11.6 Å². The molecule has 1 aliphatic heterocycles. The van der Waals surface area contributed by atoms with Crippen molar-refractivity contribution in [3.63, 3.8) is 0 Å². The molecule has 2 fully saturated rings. The topological polar surface area (TPSA) is 24.5 Å². The largest absolute Gasteiger partial charge is 0.374 e. The molecule has 2 atom stereocenters. The van der Waals surface area contributed by atoms with Gasteiger partial charge in [0.1, 0.15) is 0 Å². The van der Waals surface area contributed by atoms with Gasteiger partial charge in [0.2, 0.25) is 0 Å². The van der Waals surface area contributed by atoms with Crippen LogP contribution < -0.4 is 10.2 Å². The number of halogens is 1. The third kappa shape index (κ3) is 3.36. The van der Waals surface area contributed by atoms with Gasteiger partial charge in [0.25, 0.3) is 0 Å². The predicted molar refractivity (Wildman–Crippen MR) is 88.2 cm³/mol. The zero-order valence-corrected chi connectivity index (χ0v) is 13.7. The molecule has 0 bridgehead atoms. The summed E-state index contributed by atoms with van der Waals surface area (Å²) in [6.07, 6.45) is 4.07. The first-order valence-electron chi connectivity index (χ1n) is 8.05. The van der Waals surface area contributed by atoms with Gasteiger partial charge >= 0.3 is 0 Å². The fourth-order valence-corrected chi connectivity index (χ4v) is 3.75. The Hall–Kier alpha value is -0.770. The van der Waals surface area contributed by atoms with Crippen LogP contribution in [0.25, 0.3) is 0 Å². The molecule has 3 rings (SSSR count). The van der Waals surface area contributed by atoms with Crippen molar-refractivity contribution < 1.29 is 4.74 Å². The molecular formula is C17H25ClN2O. The average Bonchev–Trinajstić information content (AvgIpc) is 2.94. The maximum Gasteiger partial charge on any atom is 0.0779 e. The van der Waals surface area contributed by atoms with Gasteiger partial charge in [-0.15, -0.1) is 0 Å². The molecule has 0 radical (unpaired) electrons. The van der Waals surface area contributed by atoms with E-state index in [-0.39, 0.29) is 0 Å². The van der Waals surface area contributed by atoms with Crippen molar-refractivity contribution in [3.05, 3.63) is 28.8 Å². The molecule has 1 aromatic carbocycles. The lowest BCUT2D eigenvalue weighted by molar-refractivity contribution is 0.0256. The van der Waals surface area contributed by atoms with E-state index in [4.69, 9.17) is 16.3 Å². The minimum absolute atomic E-state index is 0.400. The lowest BCUT2D eigenvalue weighted by atomic mass is 10.1. The van der Waals surface area contributed by atoms with E-state index in [1.807, 2.05) is 0 Å². The molecule has 1 saturated carbocycles. The first-order chi connectivity index (χ1) is 10.1. The molecule has 1 aliphatic carbocycles. The van der Waals surface area contributed by atoms with Gasteiger partial charge in [0, 0.05) is 19.1 Å². The van der Waals surface area contributed by atoms with E-state index in [2.05, 4.69) is 42.3 Å². The van der Waals surface area contributed by atoms with E-state index in [0.717, 1.165) is 24.7 Å². The molecule has 1 aromatic rings. The molecule has 0 amide bonds. The maximum absolute atomic E-state index is 6.56. The second-order valence-electron chi connectivity index (χ2n) is 6.42. The molecule has 2 aliphatic rings. The Labute approximate surface area is 132 Å². The van der Waals surface area contributed by atoms with Crippen molar-refractivity contribution >= 4 is 17.3 Å². The third-order valence-electron chi connectivity index (χ3n) is 4.52. The van der Waals surface area contributed by atoms with E-state index >= 15 is 0 Å². The van der Waals surface area contributed by atoms with Crippen LogP contribution in [-0.4, -0.2) is 31.3 Å². The molecular weight excluding hydrogens is 284 g/mol. The number of benzene rings is 1. The lowest BCUT2D eigenvalue weighted by Crippen LogP contribution is -2.48. The molecule has 1 N–H and O–H groups in total. The highest BCUT2D eigenvalue weighted by molar-refractivity contribution is 6.33. The van der Waals surface area contributed by atoms with Gasteiger partial charge in [0.05, 0.1) is 29.5 Å². The molecule has 2 unspecified atom stereocenters. The fourth-order valence-electron chi connectivity index (χ4n) is 3.44. The van der Waals surface area contributed by atoms with Crippen LogP contribution in [0.1, 0.15) is 38.7 Å². The van der Waals surface area contributed by atoms with E-state index in [9.17, 15) is 0 Å². The molecule has 21 heavy (non-hydrogen) atoms. The van der Waals surface area contributed by atoms with Crippen LogP contribution in [0.15, 0.2) is 18.2 Å². The number of anilines is 1. The van der Waals surface area contributed by atoms with Gasteiger partial charge in [-0.25, -0.2) is 0 Å². The average molecular weight is 309 g/mol. The van der Waals surface area contributed by atoms with Crippen LogP contribution in [0.3, 0.4) is 0 Å². The number of hydrogen-bond acceptors (Lipinski definition) is 3. The van der Waals surface area contributed by atoms with E-state index < -0.39 is 0 Å². The zero-order valence-electron chi connectivity index (χ0n) is 12.9. The Kier molecular flexibility index (Phi) is 4.72. The van der Waals surface area contributed by atoms with Crippen molar-refractivity contribution in [3.8, 4) is 0 Å². The quantitative estimate of drug-likeness (QED) is 0.920. The summed E-state index contributed by atoms with van der Waals surface area (Å²) in [5.74, 6) is 0. The van der Waals surface area contributed by atoms with Crippen molar-refractivity contribution in [2.75, 3.05) is 18.1 Å². The predicted octanol–water partition coefficient (Wildman–Crippen LogP) is 3.60. The Balaban J connectivity index is 1.75. The van der Waals surface area contributed by atoms with Crippen LogP contribution in [0, 0.1) is 0 Å². The summed E-state index contributed by atoms with van der Waals surface area (Å²) in [5, 5.41) is 4.30. The van der Waals surface area contributed by atoms with Gasteiger partial charge in [-0.2, -0.15) is 0 Å². The molecule has 1 heterocycles. The van der Waals surface area contributed by atoms with E-state index in [1.165, 1.54) is 30.5 Å². The first kappa shape index (κ1) is 15.1. The minimum Gasteiger partial charge on any atom is -0.374 e. The molecule has 4 heteroatoms. The van der Waals surface area contributed by atoms with Crippen LogP contribution in [0.2, 0.25) is 5.02 Å². The summed E-state index contributed by atoms with van der Waals surface area (Å²) >= 11 is 6.56. The van der Waals surface area contributed by atoms with Crippen molar-refractivity contribution in [1.29, 1.82) is 0 Å². The van der Waals surface area contributed by atoms with Gasteiger partial charge in [-0.3, -0.25) is 0 Å². The number of ether oxygens (including phenoxy) is 1. The normalized spacial score (nSPS) is 25.4. The lowest BCUT2D eigenvalue weighted by Gasteiger charge is -2.39. The smallest absolute Gasteiger partial charge is 0.0779 e. The number of morpholine rings is 1. The standard InChI is InChI=1S/C17H25ClN2O/c1-12(2)19-11-13-6-7-15(14(18)10-13)20-8-9-21-17-5-3-4-16(17)20/h6-7,10,12,16-17,19H,3-5,8-9,11H2,1-2H3. The molecule has 1 saturated heterocycles. The van der Waals surface area contributed by atoms with Crippen LogP contribution in [0.5, 0.6) is 0 Å².